The molecule has 0 N–H and O–H groups in total. The van der Waals surface area contributed by atoms with E-state index in [-0.39, 0.29) is 34.5 Å². The van der Waals surface area contributed by atoms with Crippen LogP contribution in [-0.2, 0) is 4.74 Å². The Morgan fingerprint density at radius 3 is 2.57 bits per heavy atom. The molecule has 3 heterocycles. The third-order valence-electron chi connectivity index (χ3n) is 5.72. The number of benzene rings is 2. The van der Waals surface area contributed by atoms with Crippen LogP contribution < -0.4 is 5.43 Å². The number of nitrogens with zero attached hydrogens (tertiary/aromatic N) is 2. The zero-order chi connectivity index (χ0) is 20.8. The van der Waals surface area contributed by atoms with Gasteiger partial charge in [-0.05, 0) is 42.7 Å². The molecule has 1 aromatic heterocycles. The minimum absolute atomic E-state index is 0.0278. The van der Waals surface area contributed by atoms with Crippen molar-refractivity contribution >= 4 is 22.6 Å². The summed E-state index contributed by atoms with van der Waals surface area (Å²) in [6.07, 6.45) is 1.63. The van der Waals surface area contributed by atoms with Crippen LogP contribution in [0.2, 0.25) is 0 Å². The first-order chi connectivity index (χ1) is 14.5. The molecular weight excluding hydrogens is 388 g/mol. The van der Waals surface area contributed by atoms with Crippen molar-refractivity contribution < 1.29 is 18.9 Å². The fourth-order valence-electron chi connectivity index (χ4n) is 4.29. The number of non-ortho nitro benzene ring substituents is 1. The first-order valence-electron chi connectivity index (χ1n) is 9.77. The van der Waals surface area contributed by atoms with Crippen LogP contribution in [0.5, 0.6) is 0 Å². The normalized spacial score (nSPS) is 20.7. The van der Waals surface area contributed by atoms with Gasteiger partial charge in [-0.15, -0.1) is 0 Å². The van der Waals surface area contributed by atoms with Crippen molar-refractivity contribution in [1.82, 2.24) is 4.90 Å². The maximum Gasteiger partial charge on any atom is 0.291 e. The van der Waals surface area contributed by atoms with Crippen LogP contribution in [0.3, 0.4) is 0 Å². The third kappa shape index (κ3) is 2.88. The number of hydrogen-bond acceptors (Lipinski definition) is 6. The van der Waals surface area contributed by atoms with Crippen molar-refractivity contribution in [2.24, 2.45) is 0 Å². The summed E-state index contributed by atoms with van der Waals surface area (Å²) >= 11 is 0. The van der Waals surface area contributed by atoms with Gasteiger partial charge >= 0.3 is 0 Å². The van der Waals surface area contributed by atoms with Gasteiger partial charge < -0.3 is 14.1 Å². The average Bonchev–Trinajstić information content (AvgIpc) is 3.36. The molecule has 5 rings (SSSR count). The summed E-state index contributed by atoms with van der Waals surface area (Å²) in [6, 6.07) is 12.1. The minimum Gasteiger partial charge on any atom is -0.450 e. The zero-order valence-electron chi connectivity index (χ0n) is 15.9. The van der Waals surface area contributed by atoms with Gasteiger partial charge in [-0.2, -0.15) is 0 Å². The van der Waals surface area contributed by atoms with Gasteiger partial charge in [0.2, 0.25) is 5.76 Å². The second-order valence-corrected chi connectivity index (χ2v) is 7.51. The number of nitro groups is 1. The molecule has 0 spiro atoms. The molecule has 0 unspecified atom stereocenters. The standard InChI is InChI=1S/C22H18N2O6/c25-20-16-5-1-2-6-17(16)30-21-18(20)19(13-7-9-14(10-8-13)24(27)28)23(22(21)26)12-15-4-3-11-29-15/h1-2,5-10,15,19H,3-4,11-12H2/t15-,19-/m0/s1. The van der Waals surface area contributed by atoms with Gasteiger partial charge in [0.05, 0.1) is 28.0 Å². The van der Waals surface area contributed by atoms with Gasteiger partial charge in [0.15, 0.2) is 5.43 Å². The van der Waals surface area contributed by atoms with Crippen LogP contribution in [-0.4, -0.2) is 35.0 Å². The van der Waals surface area contributed by atoms with E-state index in [0.717, 1.165) is 12.8 Å². The largest absolute Gasteiger partial charge is 0.450 e. The van der Waals surface area contributed by atoms with Gasteiger partial charge in [-0.25, -0.2) is 0 Å². The van der Waals surface area contributed by atoms with Crippen molar-refractivity contribution in [3.05, 3.63) is 85.8 Å². The number of para-hydroxylation sites is 1. The Morgan fingerprint density at radius 1 is 1.10 bits per heavy atom. The van der Waals surface area contributed by atoms with Crippen LogP contribution in [0.1, 0.15) is 40.6 Å². The Morgan fingerprint density at radius 2 is 1.87 bits per heavy atom. The molecule has 1 fully saturated rings. The van der Waals surface area contributed by atoms with Crippen molar-refractivity contribution in [2.45, 2.75) is 25.0 Å². The number of ether oxygens (including phenoxy) is 1. The lowest BCUT2D eigenvalue weighted by Gasteiger charge is -2.27. The average molecular weight is 406 g/mol. The highest BCUT2D eigenvalue weighted by Gasteiger charge is 2.43. The van der Waals surface area contributed by atoms with E-state index >= 15 is 0 Å². The van der Waals surface area contributed by atoms with E-state index in [1.807, 2.05) is 0 Å². The van der Waals surface area contributed by atoms with E-state index in [4.69, 9.17) is 9.15 Å². The molecule has 152 valence electrons. The SMILES string of the molecule is O=C1c2oc3ccccc3c(=O)c2[C@H](c2ccc([N+](=O)[O-])cc2)N1C[C@@H]1CCCO1. The number of nitro benzene ring substituents is 1. The lowest BCUT2D eigenvalue weighted by molar-refractivity contribution is -0.384. The van der Waals surface area contributed by atoms with Gasteiger partial charge in [-0.3, -0.25) is 19.7 Å². The van der Waals surface area contributed by atoms with Gasteiger partial charge in [0.1, 0.15) is 5.58 Å². The number of fused-ring (bicyclic) bond motifs is 2. The van der Waals surface area contributed by atoms with Crippen molar-refractivity contribution in [3.8, 4) is 0 Å². The lowest BCUT2D eigenvalue weighted by atomic mass is 9.98. The van der Waals surface area contributed by atoms with Gasteiger partial charge in [-0.1, -0.05) is 12.1 Å². The fraction of sp³-hybridized carbons (Fsp3) is 0.273. The topological polar surface area (TPSA) is 103 Å². The molecule has 0 aliphatic carbocycles. The van der Waals surface area contributed by atoms with E-state index in [1.165, 1.54) is 12.1 Å². The highest BCUT2D eigenvalue weighted by molar-refractivity contribution is 5.99. The number of carbonyl (C=O) groups excluding carboxylic acids is 1. The zero-order valence-corrected chi connectivity index (χ0v) is 15.9. The number of rotatable bonds is 4. The van der Waals surface area contributed by atoms with Crippen molar-refractivity contribution in [1.29, 1.82) is 0 Å². The molecule has 3 aromatic rings. The molecule has 2 aliphatic rings. The lowest BCUT2D eigenvalue weighted by Crippen LogP contribution is -2.36. The molecular formula is C22H18N2O6. The molecule has 2 atom stereocenters. The molecule has 8 heteroatoms. The van der Waals surface area contributed by atoms with E-state index in [2.05, 4.69) is 0 Å². The monoisotopic (exact) mass is 406 g/mol. The highest BCUT2D eigenvalue weighted by atomic mass is 16.6. The molecule has 8 nitrogen and oxygen atoms in total. The number of carbonyl (C=O) groups is 1. The molecule has 1 amide bonds. The van der Waals surface area contributed by atoms with Crippen LogP contribution in [0.15, 0.2) is 57.7 Å². The Balaban J connectivity index is 1.67. The molecule has 0 bridgehead atoms. The Hall–Kier alpha value is -3.52. The summed E-state index contributed by atoms with van der Waals surface area (Å²) in [4.78, 5) is 38.7. The second kappa shape index (κ2) is 7.07. The first kappa shape index (κ1) is 18.5. The summed E-state index contributed by atoms with van der Waals surface area (Å²) in [5.41, 5.74) is 0.924. The molecule has 0 radical (unpaired) electrons. The Labute approximate surface area is 170 Å². The molecule has 2 aromatic carbocycles. The summed E-state index contributed by atoms with van der Waals surface area (Å²) in [6.45, 7) is 0.962. The molecule has 0 saturated carbocycles. The van der Waals surface area contributed by atoms with E-state index in [9.17, 15) is 19.7 Å². The maximum atomic E-state index is 13.3. The van der Waals surface area contributed by atoms with E-state index < -0.39 is 11.0 Å². The van der Waals surface area contributed by atoms with Crippen molar-refractivity contribution in [3.63, 3.8) is 0 Å². The van der Waals surface area contributed by atoms with Gasteiger partial charge in [0, 0.05) is 25.3 Å². The maximum absolute atomic E-state index is 13.3. The quantitative estimate of drug-likeness (QED) is 0.486. The third-order valence-corrected chi connectivity index (χ3v) is 5.72. The number of amides is 1. The summed E-state index contributed by atoms with van der Waals surface area (Å²) in [5.74, 6) is -0.341. The van der Waals surface area contributed by atoms with E-state index in [1.54, 1.807) is 41.3 Å². The summed E-state index contributed by atoms with van der Waals surface area (Å²) in [5, 5.41) is 11.4. The first-order valence-corrected chi connectivity index (χ1v) is 9.77. The molecule has 2 aliphatic heterocycles. The summed E-state index contributed by atoms with van der Waals surface area (Å²) in [7, 11) is 0. The molecule has 30 heavy (non-hydrogen) atoms. The molecule has 1 saturated heterocycles. The predicted octanol–water partition coefficient (Wildman–Crippen LogP) is 3.43. The minimum atomic E-state index is -0.682. The summed E-state index contributed by atoms with van der Waals surface area (Å²) < 4.78 is 11.6. The number of hydrogen-bond donors (Lipinski definition) is 0. The predicted molar refractivity (Wildman–Crippen MR) is 107 cm³/mol. The van der Waals surface area contributed by atoms with Crippen LogP contribution in [0, 0.1) is 10.1 Å². The van der Waals surface area contributed by atoms with Crippen molar-refractivity contribution in [2.75, 3.05) is 13.2 Å². The smallest absolute Gasteiger partial charge is 0.291 e. The van der Waals surface area contributed by atoms with Gasteiger partial charge in [0.25, 0.3) is 11.6 Å². The van der Waals surface area contributed by atoms with E-state index in [0.29, 0.717) is 29.7 Å². The van der Waals surface area contributed by atoms with Crippen LogP contribution in [0.4, 0.5) is 5.69 Å². The van der Waals surface area contributed by atoms with Crippen LogP contribution >= 0.6 is 0 Å². The fourth-order valence-corrected chi connectivity index (χ4v) is 4.29. The Bertz CT molecular complexity index is 1210. The Kier molecular flexibility index (Phi) is 4.36. The van der Waals surface area contributed by atoms with Crippen LogP contribution in [0.25, 0.3) is 11.0 Å². The second-order valence-electron chi connectivity index (χ2n) is 7.51. The highest BCUT2D eigenvalue weighted by Crippen LogP contribution is 2.39.